The molecule has 1 rings (SSSR count). The summed E-state index contributed by atoms with van der Waals surface area (Å²) in [5.41, 5.74) is 5.17. The van der Waals surface area contributed by atoms with Crippen molar-refractivity contribution >= 4 is 26.8 Å². The van der Waals surface area contributed by atoms with Crippen LogP contribution in [-0.2, 0) is 9.84 Å². The van der Waals surface area contributed by atoms with Crippen LogP contribution in [0.3, 0.4) is 0 Å². The molecule has 0 bridgehead atoms. The molecular formula is C6H12N2O2S2. The summed E-state index contributed by atoms with van der Waals surface area (Å²) in [5, 5.41) is 7.01. The molecule has 4 nitrogen and oxygen atoms in total. The highest BCUT2D eigenvalue weighted by atomic mass is 32.2. The van der Waals surface area contributed by atoms with Gasteiger partial charge in [0.05, 0.1) is 11.5 Å². The lowest BCUT2D eigenvalue weighted by Gasteiger charge is -2.10. The molecule has 0 radical (unpaired) electrons. The zero-order valence-corrected chi connectivity index (χ0v) is 8.41. The van der Waals surface area contributed by atoms with Gasteiger partial charge in [0, 0.05) is 5.25 Å². The molecule has 0 unspecified atom stereocenters. The molecule has 1 heterocycles. The molecule has 0 amide bonds. The van der Waals surface area contributed by atoms with Crippen molar-refractivity contribution in [1.82, 2.24) is 0 Å². The van der Waals surface area contributed by atoms with Crippen molar-refractivity contribution in [3.8, 4) is 0 Å². The molecular weight excluding hydrogens is 196 g/mol. The summed E-state index contributed by atoms with van der Waals surface area (Å²) in [5.74, 6) is 0.514. The molecule has 0 aliphatic carbocycles. The summed E-state index contributed by atoms with van der Waals surface area (Å²) >= 11 is 1.15. The van der Waals surface area contributed by atoms with Gasteiger partial charge < -0.3 is 5.73 Å². The van der Waals surface area contributed by atoms with E-state index in [-0.39, 0.29) is 27.8 Å². The second-order valence-corrected chi connectivity index (χ2v) is 6.51. The molecule has 0 aromatic heterocycles. The molecule has 0 spiro atoms. The maximum Gasteiger partial charge on any atom is 0.151 e. The maximum absolute atomic E-state index is 11.1. The number of nitrogens with one attached hydrogen (secondary N) is 1. The van der Waals surface area contributed by atoms with Gasteiger partial charge in [0.15, 0.2) is 15.0 Å². The second-order valence-electron chi connectivity index (χ2n) is 3.07. The molecule has 1 fully saturated rings. The molecule has 0 saturated carbocycles. The summed E-state index contributed by atoms with van der Waals surface area (Å²) in [6, 6.07) is 0. The normalized spacial score (nSPS) is 33.4. The number of rotatable bonds is 1. The van der Waals surface area contributed by atoms with E-state index in [9.17, 15) is 8.42 Å². The Morgan fingerprint density at radius 2 is 2.17 bits per heavy atom. The lowest BCUT2D eigenvalue weighted by molar-refractivity contribution is 0.599. The fourth-order valence-corrected chi connectivity index (χ4v) is 4.97. The molecule has 0 aromatic carbocycles. The van der Waals surface area contributed by atoms with Crippen LogP contribution in [0, 0.1) is 11.3 Å². The first kappa shape index (κ1) is 9.85. The molecule has 70 valence electrons. The van der Waals surface area contributed by atoms with E-state index in [1.54, 1.807) is 0 Å². The third kappa shape index (κ3) is 2.38. The highest BCUT2D eigenvalue weighted by Crippen LogP contribution is 2.28. The van der Waals surface area contributed by atoms with E-state index in [4.69, 9.17) is 11.1 Å². The third-order valence-electron chi connectivity index (χ3n) is 1.85. The van der Waals surface area contributed by atoms with Crippen LogP contribution in [0.1, 0.15) is 6.92 Å². The lowest BCUT2D eigenvalue weighted by atomic mass is 10.2. The average Bonchev–Trinajstić information content (AvgIpc) is 2.03. The molecule has 12 heavy (non-hydrogen) atoms. The summed E-state index contributed by atoms with van der Waals surface area (Å²) in [6.45, 7) is 1.88. The van der Waals surface area contributed by atoms with E-state index in [0.29, 0.717) is 0 Å². The fraction of sp³-hybridized carbons (Fsp3) is 0.833. The standard InChI is InChI=1S/C6H12N2O2S2/c1-4-2-12(9,10)3-5(4)11-6(7)8/h4-5H,2-3H2,1H3,(H3,7,8)/t4-,5+/m0/s1. The first-order valence-corrected chi connectivity index (χ1v) is 6.32. The van der Waals surface area contributed by atoms with Crippen molar-refractivity contribution in [3.05, 3.63) is 0 Å². The van der Waals surface area contributed by atoms with Gasteiger partial charge in [-0.2, -0.15) is 0 Å². The number of hydrogen-bond donors (Lipinski definition) is 2. The Kier molecular flexibility index (Phi) is 2.67. The Labute approximate surface area is 76.3 Å². The van der Waals surface area contributed by atoms with Gasteiger partial charge in [-0.15, -0.1) is 0 Å². The number of thioether (sulfide) groups is 1. The summed E-state index contributed by atoms with van der Waals surface area (Å²) in [4.78, 5) is 0. The van der Waals surface area contributed by atoms with Crippen LogP contribution in [0.2, 0.25) is 0 Å². The minimum atomic E-state index is -2.86. The van der Waals surface area contributed by atoms with Crippen molar-refractivity contribution < 1.29 is 8.42 Å². The van der Waals surface area contributed by atoms with E-state index in [1.165, 1.54) is 0 Å². The van der Waals surface area contributed by atoms with Crippen LogP contribution in [-0.4, -0.2) is 30.3 Å². The SMILES string of the molecule is C[C@H]1CS(=O)(=O)C[C@H]1SC(=N)N. The van der Waals surface area contributed by atoms with Crippen LogP contribution < -0.4 is 5.73 Å². The summed E-state index contributed by atoms with van der Waals surface area (Å²) < 4.78 is 22.2. The molecule has 1 aliphatic rings. The Bertz CT molecular complexity index is 286. The minimum Gasteiger partial charge on any atom is -0.379 e. The third-order valence-corrected chi connectivity index (χ3v) is 5.15. The molecule has 1 aliphatic heterocycles. The topological polar surface area (TPSA) is 84.0 Å². The molecule has 0 aromatic rings. The summed E-state index contributed by atoms with van der Waals surface area (Å²) in [6.07, 6.45) is 0. The Morgan fingerprint density at radius 3 is 2.50 bits per heavy atom. The Hall–Kier alpha value is -0.230. The van der Waals surface area contributed by atoms with Crippen LogP contribution in [0.4, 0.5) is 0 Å². The quantitative estimate of drug-likeness (QED) is 0.471. The van der Waals surface area contributed by atoms with Gasteiger partial charge in [-0.25, -0.2) is 8.42 Å². The highest BCUT2D eigenvalue weighted by molar-refractivity contribution is 8.14. The zero-order valence-electron chi connectivity index (χ0n) is 6.78. The number of hydrogen-bond acceptors (Lipinski definition) is 4. The molecule has 6 heteroatoms. The fourth-order valence-electron chi connectivity index (χ4n) is 1.30. The Morgan fingerprint density at radius 1 is 1.58 bits per heavy atom. The highest BCUT2D eigenvalue weighted by Gasteiger charge is 2.35. The first-order valence-electron chi connectivity index (χ1n) is 3.62. The Balaban J connectivity index is 2.64. The predicted molar refractivity (Wildman–Crippen MR) is 51.1 cm³/mol. The van der Waals surface area contributed by atoms with Gasteiger partial charge in [-0.05, 0) is 5.92 Å². The number of amidine groups is 1. The maximum atomic E-state index is 11.1. The number of sulfone groups is 1. The van der Waals surface area contributed by atoms with Crippen molar-refractivity contribution in [2.45, 2.75) is 12.2 Å². The van der Waals surface area contributed by atoms with Crippen molar-refractivity contribution in [1.29, 1.82) is 5.41 Å². The summed E-state index contributed by atoms with van der Waals surface area (Å²) in [7, 11) is -2.86. The van der Waals surface area contributed by atoms with Gasteiger partial charge in [0.1, 0.15) is 0 Å². The minimum absolute atomic E-state index is 0.00366. The smallest absolute Gasteiger partial charge is 0.151 e. The lowest BCUT2D eigenvalue weighted by Crippen LogP contribution is -2.17. The van der Waals surface area contributed by atoms with E-state index in [0.717, 1.165) is 11.8 Å². The predicted octanol–water partition coefficient (Wildman–Crippen LogP) is 0.0462. The van der Waals surface area contributed by atoms with Crippen molar-refractivity contribution in [3.63, 3.8) is 0 Å². The first-order chi connectivity index (χ1) is 5.41. The van der Waals surface area contributed by atoms with Crippen molar-refractivity contribution in [2.75, 3.05) is 11.5 Å². The van der Waals surface area contributed by atoms with Crippen LogP contribution in [0.15, 0.2) is 0 Å². The average molecular weight is 208 g/mol. The van der Waals surface area contributed by atoms with E-state index < -0.39 is 9.84 Å². The second kappa shape index (κ2) is 3.26. The molecule has 1 saturated heterocycles. The van der Waals surface area contributed by atoms with E-state index in [1.807, 2.05) is 6.92 Å². The zero-order chi connectivity index (χ0) is 9.35. The van der Waals surface area contributed by atoms with Gasteiger partial charge >= 0.3 is 0 Å². The monoisotopic (exact) mass is 208 g/mol. The van der Waals surface area contributed by atoms with Crippen LogP contribution in [0.25, 0.3) is 0 Å². The molecule has 2 atom stereocenters. The van der Waals surface area contributed by atoms with Gasteiger partial charge in [0.25, 0.3) is 0 Å². The van der Waals surface area contributed by atoms with Gasteiger partial charge in [0.2, 0.25) is 0 Å². The van der Waals surface area contributed by atoms with Gasteiger partial charge in [-0.1, -0.05) is 18.7 Å². The van der Waals surface area contributed by atoms with Crippen LogP contribution >= 0.6 is 11.8 Å². The van der Waals surface area contributed by atoms with Gasteiger partial charge in [-0.3, -0.25) is 5.41 Å². The largest absolute Gasteiger partial charge is 0.379 e. The van der Waals surface area contributed by atoms with E-state index >= 15 is 0 Å². The van der Waals surface area contributed by atoms with E-state index in [2.05, 4.69) is 0 Å². The number of nitrogens with two attached hydrogens (primary N) is 1. The van der Waals surface area contributed by atoms with Crippen molar-refractivity contribution in [2.24, 2.45) is 11.7 Å². The molecule has 3 N–H and O–H groups in total. The van der Waals surface area contributed by atoms with Crippen LogP contribution in [0.5, 0.6) is 0 Å².